The van der Waals surface area contributed by atoms with Crippen LogP contribution in [0.25, 0.3) is 0 Å². The molecule has 1 rings (SSSR count). The van der Waals surface area contributed by atoms with Crippen molar-refractivity contribution in [2.75, 3.05) is 0 Å². The van der Waals surface area contributed by atoms with Gasteiger partial charge in [-0.1, -0.05) is 39.7 Å². The monoisotopic (exact) mass is 278 g/mol. The van der Waals surface area contributed by atoms with E-state index in [2.05, 4.69) is 39.3 Å². The summed E-state index contributed by atoms with van der Waals surface area (Å²) in [5.74, 6) is 3.33. The summed E-state index contributed by atoms with van der Waals surface area (Å²) in [7, 11) is -1.61. The molecule has 2 heteroatoms. The van der Waals surface area contributed by atoms with Gasteiger partial charge in [0.1, 0.15) is 0 Å². The summed E-state index contributed by atoms with van der Waals surface area (Å²) >= 11 is 0. The van der Waals surface area contributed by atoms with E-state index in [1.807, 2.05) is 0 Å². The van der Waals surface area contributed by atoms with Crippen LogP contribution in [-0.4, -0.2) is 13.9 Å². The van der Waals surface area contributed by atoms with Gasteiger partial charge in [-0.2, -0.15) is 0 Å². The Bertz CT molecular complexity index is 318. The summed E-state index contributed by atoms with van der Waals surface area (Å²) in [5.41, 5.74) is -0.140. The number of hydrogen-bond acceptors (Lipinski definition) is 1. The predicted octanol–water partition coefficient (Wildman–Crippen LogP) is 5.15. The molecule has 1 fully saturated rings. The topological polar surface area (TPSA) is 9.23 Å². The number of terminal acetylenes is 1. The standard InChI is InChI=1S/C17H30OSi/c1-6-13-16-14-11-12-15-17(16,7-2)18-19(8-3,9-4)10-5/h1,7,16H,2,8-15H2,3-5H3/t16-,17+/m0/s1. The Morgan fingerprint density at radius 2 is 1.95 bits per heavy atom. The van der Waals surface area contributed by atoms with Gasteiger partial charge in [0, 0.05) is 12.3 Å². The second kappa shape index (κ2) is 7.31. The maximum Gasteiger partial charge on any atom is 0.193 e. The van der Waals surface area contributed by atoms with Crippen molar-refractivity contribution in [2.24, 2.45) is 5.92 Å². The van der Waals surface area contributed by atoms with Gasteiger partial charge in [-0.3, -0.25) is 0 Å². The zero-order chi connectivity index (χ0) is 14.4. The summed E-state index contributed by atoms with van der Waals surface area (Å²) in [4.78, 5) is 0. The lowest BCUT2D eigenvalue weighted by Gasteiger charge is -2.47. The summed E-state index contributed by atoms with van der Waals surface area (Å²) in [6.07, 6.45) is 13.3. The molecule has 0 aromatic rings. The minimum absolute atomic E-state index is 0.140. The first kappa shape index (κ1) is 16.5. The normalized spacial score (nSPS) is 27.8. The first-order chi connectivity index (χ1) is 9.12. The molecule has 0 aromatic heterocycles. The summed E-state index contributed by atoms with van der Waals surface area (Å²) in [5, 5.41) is 0. The number of rotatable bonds is 7. The average molecular weight is 279 g/mol. The molecule has 0 aliphatic heterocycles. The first-order valence-electron chi connectivity index (χ1n) is 7.89. The van der Waals surface area contributed by atoms with Crippen molar-refractivity contribution in [2.45, 2.75) is 76.6 Å². The van der Waals surface area contributed by atoms with Crippen LogP contribution in [0.5, 0.6) is 0 Å². The molecule has 108 valence electrons. The van der Waals surface area contributed by atoms with Gasteiger partial charge < -0.3 is 4.43 Å². The van der Waals surface area contributed by atoms with Gasteiger partial charge in [0.15, 0.2) is 8.32 Å². The molecule has 1 aliphatic carbocycles. The molecule has 0 saturated heterocycles. The molecule has 1 nitrogen and oxygen atoms in total. The Kier molecular flexibility index (Phi) is 6.36. The van der Waals surface area contributed by atoms with E-state index in [4.69, 9.17) is 10.8 Å². The third-order valence-electron chi connectivity index (χ3n) is 5.11. The lowest BCUT2D eigenvalue weighted by atomic mass is 9.74. The van der Waals surface area contributed by atoms with Crippen LogP contribution in [0.4, 0.5) is 0 Å². The van der Waals surface area contributed by atoms with Crippen LogP contribution in [0.3, 0.4) is 0 Å². The van der Waals surface area contributed by atoms with Crippen molar-refractivity contribution in [3.05, 3.63) is 12.7 Å². The van der Waals surface area contributed by atoms with Gasteiger partial charge in [-0.05, 0) is 31.0 Å². The predicted molar refractivity (Wildman–Crippen MR) is 86.6 cm³/mol. The fourth-order valence-corrected chi connectivity index (χ4v) is 6.56. The van der Waals surface area contributed by atoms with E-state index in [0.29, 0.717) is 5.92 Å². The Morgan fingerprint density at radius 3 is 2.42 bits per heavy atom. The smallest absolute Gasteiger partial charge is 0.193 e. The minimum Gasteiger partial charge on any atom is -0.408 e. The van der Waals surface area contributed by atoms with Crippen LogP contribution in [0.15, 0.2) is 12.7 Å². The Balaban J connectivity index is 3.00. The molecular formula is C17H30OSi. The highest BCUT2D eigenvalue weighted by molar-refractivity contribution is 6.73. The van der Waals surface area contributed by atoms with E-state index in [9.17, 15) is 0 Å². The fraction of sp³-hybridized carbons (Fsp3) is 0.765. The molecule has 0 amide bonds. The molecule has 0 spiro atoms. The van der Waals surface area contributed by atoms with Crippen LogP contribution >= 0.6 is 0 Å². The van der Waals surface area contributed by atoms with Crippen molar-refractivity contribution in [3.8, 4) is 12.3 Å². The van der Waals surface area contributed by atoms with Gasteiger partial charge >= 0.3 is 0 Å². The highest BCUT2D eigenvalue weighted by atomic mass is 28.4. The molecule has 0 N–H and O–H groups in total. The largest absolute Gasteiger partial charge is 0.408 e. The van der Waals surface area contributed by atoms with E-state index in [1.54, 1.807) is 0 Å². The maximum atomic E-state index is 6.85. The second-order valence-electron chi connectivity index (χ2n) is 5.86. The van der Waals surface area contributed by atoms with Gasteiger partial charge in [0.05, 0.1) is 5.60 Å². The molecule has 0 aromatic carbocycles. The third-order valence-corrected chi connectivity index (χ3v) is 9.79. The molecule has 0 heterocycles. The molecule has 0 bridgehead atoms. The lowest BCUT2D eigenvalue weighted by molar-refractivity contribution is 0.0114. The van der Waals surface area contributed by atoms with E-state index in [1.165, 1.54) is 37.4 Å². The highest BCUT2D eigenvalue weighted by Gasteiger charge is 2.44. The van der Waals surface area contributed by atoms with E-state index in [-0.39, 0.29) is 5.60 Å². The van der Waals surface area contributed by atoms with Crippen molar-refractivity contribution in [3.63, 3.8) is 0 Å². The van der Waals surface area contributed by atoms with Crippen LogP contribution in [0, 0.1) is 18.3 Å². The van der Waals surface area contributed by atoms with Crippen molar-refractivity contribution >= 4 is 8.32 Å². The van der Waals surface area contributed by atoms with Gasteiger partial charge in [-0.25, -0.2) is 0 Å². The third kappa shape index (κ3) is 3.52. The molecule has 19 heavy (non-hydrogen) atoms. The Hall–Kier alpha value is -0.523. The van der Waals surface area contributed by atoms with Crippen molar-refractivity contribution in [1.29, 1.82) is 0 Å². The van der Waals surface area contributed by atoms with Crippen LogP contribution < -0.4 is 0 Å². The minimum atomic E-state index is -1.61. The number of hydrogen-bond donors (Lipinski definition) is 0. The van der Waals surface area contributed by atoms with Gasteiger partial charge in [0.2, 0.25) is 0 Å². The van der Waals surface area contributed by atoms with Gasteiger partial charge in [-0.15, -0.1) is 18.9 Å². The zero-order valence-corrected chi connectivity index (χ0v) is 14.0. The summed E-state index contributed by atoms with van der Waals surface area (Å²) in [6, 6.07) is 3.58. The van der Waals surface area contributed by atoms with Crippen molar-refractivity contribution < 1.29 is 4.43 Å². The average Bonchev–Trinajstić information content (AvgIpc) is 2.47. The Morgan fingerprint density at radius 1 is 1.32 bits per heavy atom. The van der Waals surface area contributed by atoms with Gasteiger partial charge in [0.25, 0.3) is 0 Å². The van der Waals surface area contributed by atoms with Crippen molar-refractivity contribution in [1.82, 2.24) is 0 Å². The van der Waals surface area contributed by atoms with E-state index < -0.39 is 8.32 Å². The second-order valence-corrected chi connectivity index (χ2v) is 10.5. The van der Waals surface area contributed by atoms with E-state index >= 15 is 0 Å². The van der Waals surface area contributed by atoms with Crippen LogP contribution in [-0.2, 0) is 4.43 Å². The van der Waals surface area contributed by atoms with Crippen LogP contribution in [0.1, 0.15) is 52.9 Å². The SMILES string of the molecule is C#CC[C@H]1CCCC[C@@]1(C=C)O[Si](CC)(CC)CC. The molecule has 1 saturated carbocycles. The molecule has 1 aliphatic rings. The van der Waals surface area contributed by atoms with Crippen LogP contribution in [0.2, 0.25) is 18.1 Å². The van der Waals surface area contributed by atoms with E-state index in [0.717, 1.165) is 12.8 Å². The maximum absolute atomic E-state index is 6.85. The first-order valence-corrected chi connectivity index (χ1v) is 10.4. The quantitative estimate of drug-likeness (QED) is 0.356. The summed E-state index contributed by atoms with van der Waals surface area (Å²) < 4.78 is 6.85. The summed E-state index contributed by atoms with van der Waals surface area (Å²) in [6.45, 7) is 11.0. The molecule has 0 radical (unpaired) electrons. The lowest BCUT2D eigenvalue weighted by Crippen LogP contribution is -2.51. The fourth-order valence-electron chi connectivity index (χ4n) is 3.47. The molecule has 0 unspecified atom stereocenters. The highest BCUT2D eigenvalue weighted by Crippen LogP contribution is 2.43. The Labute approximate surface area is 120 Å². The molecule has 2 atom stereocenters. The zero-order valence-electron chi connectivity index (χ0n) is 13.0. The molecular weight excluding hydrogens is 248 g/mol.